The van der Waals surface area contributed by atoms with E-state index >= 15 is 0 Å². The van der Waals surface area contributed by atoms with Crippen LogP contribution >= 0.6 is 0 Å². The Bertz CT molecular complexity index is 2480. The number of furan rings is 1. The van der Waals surface area contributed by atoms with Crippen LogP contribution in [0.3, 0.4) is 0 Å². The smallest absolute Gasteiger partial charge is 0.230 e. The molecule has 49 heavy (non-hydrogen) atoms. The molecule has 0 aliphatic heterocycles. The Hall–Kier alpha value is -6.21. The Morgan fingerprint density at radius 1 is 0.592 bits per heavy atom. The van der Waals surface area contributed by atoms with Crippen LogP contribution in [-0.2, 0) is 0 Å². The summed E-state index contributed by atoms with van der Waals surface area (Å²) in [5, 5.41) is 9.30. The molecule has 0 fully saturated rings. The van der Waals surface area contributed by atoms with E-state index in [-0.39, 0.29) is 0 Å². The molecule has 0 bridgehead atoms. The lowest BCUT2D eigenvalue weighted by Crippen LogP contribution is -2.66. The molecule has 0 unspecified atom stereocenters. The highest BCUT2D eigenvalue weighted by Crippen LogP contribution is 2.39. The van der Waals surface area contributed by atoms with E-state index in [1.54, 1.807) is 6.21 Å². The highest BCUT2D eigenvalue weighted by molar-refractivity contribution is 7.17. The van der Waals surface area contributed by atoms with Crippen LogP contribution in [0.1, 0.15) is 18.1 Å². The van der Waals surface area contributed by atoms with Crippen molar-refractivity contribution < 1.29 is 4.42 Å². The van der Waals surface area contributed by atoms with Gasteiger partial charge in [0.2, 0.25) is 14.0 Å². The molecule has 0 saturated heterocycles. The maximum atomic E-state index is 6.19. The van der Waals surface area contributed by atoms with Crippen LogP contribution in [0, 0.1) is 11.5 Å². The molecule has 232 valence electrons. The van der Waals surface area contributed by atoms with E-state index in [0.29, 0.717) is 5.88 Å². The Balaban J connectivity index is 1.48. The molecule has 0 saturated carbocycles. The zero-order valence-corrected chi connectivity index (χ0v) is 28.2. The summed E-state index contributed by atoms with van der Waals surface area (Å²) in [4.78, 5) is 4.51. The number of rotatable bonds is 6. The number of fused-ring (bicyclic) bond motifs is 3. The van der Waals surface area contributed by atoms with Crippen LogP contribution in [0.2, 0.25) is 0 Å². The van der Waals surface area contributed by atoms with Crippen molar-refractivity contribution >= 4 is 74.3 Å². The SMILES string of the molecule is C=Cc1c(N=CC)oc2ccc([Si](C#Cc3c4ccccc4c(-c4ccccc4)c4ccccc34)(c3ccccc3)c3ccccc3)cc12. The van der Waals surface area contributed by atoms with Gasteiger partial charge in [0, 0.05) is 22.7 Å². The molecular weight excluding hydrogens is 611 g/mol. The third-order valence-electron chi connectivity index (χ3n) is 9.37. The Labute approximate surface area is 287 Å². The molecule has 1 heterocycles. The van der Waals surface area contributed by atoms with E-state index < -0.39 is 8.07 Å². The second-order valence-electron chi connectivity index (χ2n) is 12.1. The molecular formula is C46H33NOSi. The van der Waals surface area contributed by atoms with Gasteiger partial charge < -0.3 is 4.42 Å². The van der Waals surface area contributed by atoms with Crippen LogP contribution in [0.4, 0.5) is 5.88 Å². The second kappa shape index (κ2) is 12.8. The molecule has 0 aliphatic rings. The molecule has 0 spiro atoms. The first-order chi connectivity index (χ1) is 24.2. The largest absolute Gasteiger partial charge is 0.438 e. The minimum Gasteiger partial charge on any atom is -0.438 e. The molecule has 1 aromatic heterocycles. The predicted octanol–water partition coefficient (Wildman–Crippen LogP) is 9.83. The minimum absolute atomic E-state index is 0.568. The first-order valence-electron chi connectivity index (χ1n) is 16.5. The number of hydrogen-bond acceptors (Lipinski definition) is 2. The molecule has 0 radical (unpaired) electrons. The van der Waals surface area contributed by atoms with Gasteiger partial charge in [-0.25, -0.2) is 4.99 Å². The normalized spacial score (nSPS) is 11.6. The van der Waals surface area contributed by atoms with Crippen molar-refractivity contribution in [3.05, 3.63) is 175 Å². The summed E-state index contributed by atoms with van der Waals surface area (Å²) in [5.74, 6) is 4.46. The summed E-state index contributed by atoms with van der Waals surface area (Å²) in [6.07, 6.45) is 3.59. The van der Waals surface area contributed by atoms with Gasteiger partial charge in [-0.2, -0.15) is 0 Å². The minimum atomic E-state index is -3.00. The van der Waals surface area contributed by atoms with Gasteiger partial charge >= 0.3 is 0 Å². The van der Waals surface area contributed by atoms with Crippen LogP contribution in [0.25, 0.3) is 49.7 Å². The molecule has 0 N–H and O–H groups in total. The van der Waals surface area contributed by atoms with E-state index in [0.717, 1.165) is 32.9 Å². The summed E-state index contributed by atoms with van der Waals surface area (Å²) in [6.45, 7) is 6.01. The maximum absolute atomic E-state index is 6.19. The molecule has 7 aromatic carbocycles. The second-order valence-corrected chi connectivity index (χ2v) is 15.5. The fourth-order valence-corrected chi connectivity index (χ4v) is 11.0. The van der Waals surface area contributed by atoms with Crippen molar-refractivity contribution in [2.45, 2.75) is 6.92 Å². The summed E-state index contributed by atoms with van der Waals surface area (Å²) >= 11 is 0. The molecule has 8 aromatic rings. The van der Waals surface area contributed by atoms with E-state index in [9.17, 15) is 0 Å². The van der Waals surface area contributed by atoms with Gasteiger partial charge in [0.1, 0.15) is 5.58 Å². The van der Waals surface area contributed by atoms with Gasteiger partial charge in [-0.1, -0.05) is 164 Å². The lowest BCUT2D eigenvalue weighted by Gasteiger charge is -2.28. The standard InChI is InChI=1S/C46H33NOSi/c1-3-37-43-32-36(28-29-44(43)48-46(37)47-4-2)49(34-20-10-6-11-21-34,35-22-12-7-13-23-35)31-30-40-38-24-14-16-26-41(38)45(33-18-8-5-9-19-33)42-27-17-15-25-39(40)42/h3-29,32H,1H2,2H3. The van der Waals surface area contributed by atoms with Crippen LogP contribution < -0.4 is 15.6 Å². The number of hydrogen-bond donors (Lipinski definition) is 0. The van der Waals surface area contributed by atoms with Gasteiger partial charge in [-0.15, -0.1) is 5.54 Å². The Morgan fingerprint density at radius 3 is 1.67 bits per heavy atom. The zero-order chi connectivity index (χ0) is 33.2. The number of benzene rings is 7. The molecule has 3 heteroatoms. The first kappa shape index (κ1) is 30.1. The van der Waals surface area contributed by atoms with Gasteiger partial charge in [0.25, 0.3) is 0 Å². The van der Waals surface area contributed by atoms with E-state index in [4.69, 9.17) is 4.42 Å². The Morgan fingerprint density at radius 2 is 1.12 bits per heavy atom. The van der Waals surface area contributed by atoms with E-state index in [1.165, 1.54) is 37.5 Å². The summed E-state index contributed by atoms with van der Waals surface area (Å²) in [6, 6.07) is 56.2. The average Bonchev–Trinajstić information content (AvgIpc) is 3.52. The van der Waals surface area contributed by atoms with Gasteiger partial charge in [0.05, 0.1) is 0 Å². The lowest BCUT2D eigenvalue weighted by molar-refractivity contribution is 0.625. The lowest BCUT2D eigenvalue weighted by atomic mass is 9.89. The van der Waals surface area contributed by atoms with E-state index in [1.807, 2.05) is 13.0 Å². The summed E-state index contributed by atoms with van der Waals surface area (Å²) in [5.41, 5.74) is 9.23. The maximum Gasteiger partial charge on any atom is 0.230 e. The van der Waals surface area contributed by atoms with Crippen molar-refractivity contribution in [2.24, 2.45) is 4.99 Å². The van der Waals surface area contributed by atoms with Crippen molar-refractivity contribution in [1.82, 2.24) is 0 Å². The molecule has 0 amide bonds. The monoisotopic (exact) mass is 643 g/mol. The number of nitrogens with zero attached hydrogens (tertiary/aromatic N) is 1. The fraction of sp³-hybridized carbons (Fsp3) is 0.0217. The fourth-order valence-electron chi connectivity index (χ4n) is 7.18. The first-order valence-corrected chi connectivity index (χ1v) is 18.5. The highest BCUT2D eigenvalue weighted by Gasteiger charge is 2.39. The van der Waals surface area contributed by atoms with E-state index in [2.05, 4.69) is 181 Å². The highest BCUT2D eigenvalue weighted by atomic mass is 28.3. The molecule has 0 atom stereocenters. The topological polar surface area (TPSA) is 25.5 Å². The van der Waals surface area contributed by atoms with Crippen molar-refractivity contribution in [3.63, 3.8) is 0 Å². The van der Waals surface area contributed by atoms with Crippen LogP contribution in [0.15, 0.2) is 174 Å². The van der Waals surface area contributed by atoms with Crippen LogP contribution in [-0.4, -0.2) is 14.3 Å². The van der Waals surface area contributed by atoms with Crippen LogP contribution in [0.5, 0.6) is 0 Å². The van der Waals surface area contributed by atoms with Crippen molar-refractivity contribution in [3.8, 4) is 22.6 Å². The predicted molar refractivity (Wildman–Crippen MR) is 211 cm³/mol. The van der Waals surface area contributed by atoms with Gasteiger partial charge in [0.15, 0.2) is 0 Å². The zero-order valence-electron chi connectivity index (χ0n) is 27.2. The summed E-state index contributed by atoms with van der Waals surface area (Å²) < 4.78 is 6.19. The third-order valence-corrected chi connectivity index (χ3v) is 13.4. The third kappa shape index (κ3) is 5.11. The Kier molecular flexibility index (Phi) is 7.85. The van der Waals surface area contributed by atoms with Gasteiger partial charge in [-0.3, -0.25) is 0 Å². The molecule has 2 nitrogen and oxygen atoms in total. The van der Waals surface area contributed by atoms with Crippen molar-refractivity contribution in [2.75, 3.05) is 0 Å². The summed E-state index contributed by atoms with van der Waals surface area (Å²) in [7, 11) is -3.00. The molecule has 0 aliphatic carbocycles. The quantitative estimate of drug-likeness (QED) is 0.0582. The van der Waals surface area contributed by atoms with Gasteiger partial charge in [-0.05, 0) is 67.3 Å². The van der Waals surface area contributed by atoms with Crippen molar-refractivity contribution in [1.29, 1.82) is 0 Å². The average molecular weight is 644 g/mol. The molecule has 8 rings (SSSR count). The number of aliphatic imine (C=N–C) groups is 1.